The number of pyridine rings is 1. The lowest BCUT2D eigenvalue weighted by Crippen LogP contribution is -2.23. The molecular weight excluding hydrogens is 240 g/mol. The van der Waals surface area contributed by atoms with Gasteiger partial charge in [-0.25, -0.2) is 0 Å². The standard InChI is InChI=1S/C15H20N2O2/c1-2-19-10-9-16-7-5-13-6-8-17(11-12-3-4-12)14(13)15(16)18/h5-8,12H,2-4,9-11H2,1H3. The highest BCUT2D eigenvalue weighted by Gasteiger charge is 2.22. The second-order valence-corrected chi connectivity index (χ2v) is 5.23. The lowest BCUT2D eigenvalue weighted by molar-refractivity contribution is 0.138. The van der Waals surface area contributed by atoms with Crippen molar-refractivity contribution in [1.82, 2.24) is 9.13 Å². The molecule has 1 saturated carbocycles. The molecule has 0 radical (unpaired) electrons. The molecule has 0 spiro atoms. The van der Waals surface area contributed by atoms with Crippen molar-refractivity contribution in [3.63, 3.8) is 0 Å². The topological polar surface area (TPSA) is 36.2 Å². The van der Waals surface area contributed by atoms with Crippen molar-refractivity contribution in [3.8, 4) is 0 Å². The fraction of sp³-hybridized carbons (Fsp3) is 0.533. The molecule has 1 aliphatic rings. The van der Waals surface area contributed by atoms with Crippen molar-refractivity contribution in [2.45, 2.75) is 32.9 Å². The third-order valence-corrected chi connectivity index (χ3v) is 3.72. The van der Waals surface area contributed by atoms with Gasteiger partial charge in [0, 0.05) is 37.5 Å². The van der Waals surface area contributed by atoms with Gasteiger partial charge in [-0.1, -0.05) is 0 Å². The minimum Gasteiger partial charge on any atom is -0.380 e. The van der Waals surface area contributed by atoms with Crippen LogP contribution in [0.2, 0.25) is 0 Å². The van der Waals surface area contributed by atoms with E-state index in [1.165, 1.54) is 12.8 Å². The van der Waals surface area contributed by atoms with Crippen LogP contribution in [0.1, 0.15) is 19.8 Å². The number of aromatic nitrogens is 2. The van der Waals surface area contributed by atoms with Crippen molar-refractivity contribution in [2.75, 3.05) is 13.2 Å². The van der Waals surface area contributed by atoms with E-state index in [-0.39, 0.29) is 5.56 Å². The fourth-order valence-corrected chi connectivity index (χ4v) is 2.46. The number of hydrogen-bond donors (Lipinski definition) is 0. The van der Waals surface area contributed by atoms with Crippen LogP contribution >= 0.6 is 0 Å². The minimum atomic E-state index is 0.0999. The molecule has 0 saturated heterocycles. The average Bonchev–Trinajstić information content (AvgIpc) is 3.12. The second kappa shape index (κ2) is 5.21. The molecule has 0 aromatic carbocycles. The van der Waals surface area contributed by atoms with Gasteiger partial charge in [0.05, 0.1) is 6.61 Å². The molecule has 2 aromatic heterocycles. The lowest BCUT2D eigenvalue weighted by Gasteiger charge is -2.08. The van der Waals surface area contributed by atoms with Crippen LogP contribution in [0.3, 0.4) is 0 Å². The molecule has 102 valence electrons. The Labute approximate surface area is 112 Å². The molecule has 0 N–H and O–H groups in total. The first kappa shape index (κ1) is 12.5. The monoisotopic (exact) mass is 260 g/mol. The fourth-order valence-electron chi connectivity index (χ4n) is 2.46. The number of hydrogen-bond acceptors (Lipinski definition) is 2. The van der Waals surface area contributed by atoms with Crippen molar-refractivity contribution in [3.05, 3.63) is 34.9 Å². The van der Waals surface area contributed by atoms with E-state index >= 15 is 0 Å². The number of fused-ring (bicyclic) bond motifs is 1. The molecule has 0 amide bonds. The predicted molar refractivity (Wildman–Crippen MR) is 75.4 cm³/mol. The van der Waals surface area contributed by atoms with Crippen LogP contribution in [0.5, 0.6) is 0 Å². The van der Waals surface area contributed by atoms with Crippen LogP contribution in [-0.4, -0.2) is 22.3 Å². The average molecular weight is 260 g/mol. The third-order valence-electron chi connectivity index (χ3n) is 3.72. The molecule has 2 heterocycles. The summed E-state index contributed by atoms with van der Waals surface area (Å²) in [5.41, 5.74) is 0.939. The van der Waals surface area contributed by atoms with Gasteiger partial charge in [-0.2, -0.15) is 0 Å². The van der Waals surface area contributed by atoms with E-state index < -0.39 is 0 Å². The molecule has 4 heteroatoms. The summed E-state index contributed by atoms with van der Waals surface area (Å²) in [5, 5.41) is 1.04. The Morgan fingerprint density at radius 3 is 2.68 bits per heavy atom. The molecule has 0 aliphatic heterocycles. The SMILES string of the molecule is CCOCCn1ccc2ccn(CC3CC3)c2c1=O. The zero-order chi connectivity index (χ0) is 13.2. The second-order valence-electron chi connectivity index (χ2n) is 5.23. The van der Waals surface area contributed by atoms with Gasteiger partial charge in [0.15, 0.2) is 0 Å². The smallest absolute Gasteiger partial charge is 0.275 e. The van der Waals surface area contributed by atoms with Crippen molar-refractivity contribution >= 4 is 10.9 Å². The maximum absolute atomic E-state index is 12.5. The summed E-state index contributed by atoms with van der Waals surface area (Å²) in [5.74, 6) is 0.770. The van der Waals surface area contributed by atoms with Crippen LogP contribution < -0.4 is 5.56 Å². The van der Waals surface area contributed by atoms with Crippen LogP contribution in [0.25, 0.3) is 10.9 Å². The minimum absolute atomic E-state index is 0.0999. The van der Waals surface area contributed by atoms with E-state index in [0.29, 0.717) is 19.8 Å². The van der Waals surface area contributed by atoms with Crippen LogP contribution in [0.4, 0.5) is 0 Å². The quantitative estimate of drug-likeness (QED) is 0.747. The number of nitrogens with zero attached hydrogens (tertiary/aromatic N) is 2. The molecule has 0 bridgehead atoms. The van der Waals surface area contributed by atoms with E-state index in [0.717, 1.165) is 23.4 Å². The first-order valence-corrected chi connectivity index (χ1v) is 7.05. The van der Waals surface area contributed by atoms with Crippen molar-refractivity contribution in [2.24, 2.45) is 5.92 Å². The first-order valence-electron chi connectivity index (χ1n) is 7.05. The molecule has 1 fully saturated rings. The highest BCUT2D eigenvalue weighted by Crippen LogP contribution is 2.31. The summed E-state index contributed by atoms with van der Waals surface area (Å²) in [6, 6.07) is 4.05. The van der Waals surface area contributed by atoms with Gasteiger partial charge in [-0.3, -0.25) is 4.79 Å². The zero-order valence-corrected chi connectivity index (χ0v) is 11.3. The normalized spacial score (nSPS) is 15.2. The Bertz CT molecular complexity index is 623. The Morgan fingerprint density at radius 1 is 1.26 bits per heavy atom. The van der Waals surface area contributed by atoms with Crippen LogP contribution in [0.15, 0.2) is 29.3 Å². The highest BCUT2D eigenvalue weighted by atomic mass is 16.5. The van der Waals surface area contributed by atoms with Crippen molar-refractivity contribution < 1.29 is 4.74 Å². The molecule has 4 nitrogen and oxygen atoms in total. The van der Waals surface area contributed by atoms with E-state index in [1.807, 2.05) is 31.5 Å². The molecule has 1 aliphatic carbocycles. The number of ether oxygens (including phenoxy) is 1. The van der Waals surface area contributed by atoms with Gasteiger partial charge in [-0.05, 0) is 37.8 Å². The molecule has 3 rings (SSSR count). The maximum atomic E-state index is 12.5. The number of rotatable bonds is 6. The van der Waals surface area contributed by atoms with Gasteiger partial charge < -0.3 is 13.9 Å². The summed E-state index contributed by atoms with van der Waals surface area (Å²) in [6.45, 7) is 4.85. The summed E-state index contributed by atoms with van der Waals surface area (Å²) in [4.78, 5) is 12.5. The zero-order valence-electron chi connectivity index (χ0n) is 11.3. The summed E-state index contributed by atoms with van der Waals surface area (Å²) in [7, 11) is 0. The Hall–Kier alpha value is -1.55. The van der Waals surface area contributed by atoms with Gasteiger partial charge in [0.1, 0.15) is 5.52 Å². The summed E-state index contributed by atoms with van der Waals surface area (Å²) >= 11 is 0. The Kier molecular flexibility index (Phi) is 3.42. The maximum Gasteiger partial charge on any atom is 0.275 e. The van der Waals surface area contributed by atoms with E-state index in [2.05, 4.69) is 4.57 Å². The first-order chi connectivity index (χ1) is 9.29. The third kappa shape index (κ3) is 2.59. The van der Waals surface area contributed by atoms with E-state index in [1.54, 1.807) is 4.57 Å². The van der Waals surface area contributed by atoms with Crippen LogP contribution in [-0.2, 0) is 17.8 Å². The van der Waals surface area contributed by atoms with Crippen molar-refractivity contribution in [1.29, 1.82) is 0 Å². The van der Waals surface area contributed by atoms with Gasteiger partial charge in [0.2, 0.25) is 0 Å². The van der Waals surface area contributed by atoms with Gasteiger partial charge >= 0.3 is 0 Å². The summed E-state index contributed by atoms with van der Waals surface area (Å²) in [6.07, 6.45) is 6.50. The van der Waals surface area contributed by atoms with Gasteiger partial charge in [-0.15, -0.1) is 0 Å². The summed E-state index contributed by atoms with van der Waals surface area (Å²) < 4.78 is 9.19. The van der Waals surface area contributed by atoms with E-state index in [4.69, 9.17) is 4.74 Å². The molecule has 0 atom stereocenters. The van der Waals surface area contributed by atoms with E-state index in [9.17, 15) is 4.79 Å². The predicted octanol–water partition coefficient (Wildman–Crippen LogP) is 2.25. The molecule has 19 heavy (non-hydrogen) atoms. The molecule has 2 aromatic rings. The largest absolute Gasteiger partial charge is 0.380 e. The molecule has 0 unspecified atom stereocenters. The Balaban J connectivity index is 1.91. The van der Waals surface area contributed by atoms with Gasteiger partial charge in [0.25, 0.3) is 5.56 Å². The van der Waals surface area contributed by atoms with Crippen LogP contribution in [0, 0.1) is 5.92 Å². The molecular formula is C15H20N2O2. The highest BCUT2D eigenvalue weighted by molar-refractivity contribution is 5.78. The lowest BCUT2D eigenvalue weighted by atomic mass is 10.3. The Morgan fingerprint density at radius 2 is 2.00 bits per heavy atom.